The molecule has 0 unspecified atom stereocenters. The van der Waals surface area contributed by atoms with Crippen LogP contribution >= 0.6 is 0 Å². The summed E-state index contributed by atoms with van der Waals surface area (Å²) in [5.74, 6) is -0.545. The SMILES string of the molecule is CCOC(=O)c1ccc(S(=O)(=O)NCCc2ccc(C(F)(F)F)cc2)cc1. The van der Waals surface area contributed by atoms with Gasteiger partial charge in [0.2, 0.25) is 10.0 Å². The van der Waals surface area contributed by atoms with Crippen LogP contribution < -0.4 is 4.72 Å². The minimum absolute atomic E-state index is 0.0212. The van der Waals surface area contributed by atoms with E-state index in [9.17, 15) is 26.4 Å². The number of esters is 1. The molecule has 2 aromatic carbocycles. The summed E-state index contributed by atoms with van der Waals surface area (Å²) < 4.78 is 69.2. The van der Waals surface area contributed by atoms with E-state index in [-0.39, 0.29) is 30.0 Å². The quantitative estimate of drug-likeness (QED) is 0.722. The molecule has 0 spiro atoms. The van der Waals surface area contributed by atoms with Crippen molar-refractivity contribution < 1.29 is 31.1 Å². The van der Waals surface area contributed by atoms with E-state index in [4.69, 9.17) is 4.74 Å². The van der Waals surface area contributed by atoms with Gasteiger partial charge in [-0.1, -0.05) is 12.1 Å². The van der Waals surface area contributed by atoms with Gasteiger partial charge in [0, 0.05) is 6.54 Å². The number of alkyl halides is 3. The van der Waals surface area contributed by atoms with Gasteiger partial charge in [0.15, 0.2) is 0 Å². The van der Waals surface area contributed by atoms with Crippen LogP contribution in [0.25, 0.3) is 0 Å². The number of hydrogen-bond donors (Lipinski definition) is 1. The Hall–Kier alpha value is -2.39. The Labute approximate surface area is 155 Å². The lowest BCUT2D eigenvalue weighted by molar-refractivity contribution is -0.137. The second-order valence-electron chi connectivity index (χ2n) is 5.59. The maximum atomic E-state index is 12.5. The largest absolute Gasteiger partial charge is 0.462 e. The zero-order valence-electron chi connectivity index (χ0n) is 14.4. The molecule has 0 bridgehead atoms. The molecule has 0 fully saturated rings. The maximum Gasteiger partial charge on any atom is 0.416 e. The van der Waals surface area contributed by atoms with Crippen LogP contribution in [0.3, 0.4) is 0 Å². The first kappa shape index (κ1) is 20.9. The van der Waals surface area contributed by atoms with Crippen molar-refractivity contribution in [1.29, 1.82) is 0 Å². The van der Waals surface area contributed by atoms with Crippen molar-refractivity contribution >= 4 is 16.0 Å². The molecule has 2 aromatic rings. The molecule has 0 aliphatic rings. The fourth-order valence-electron chi connectivity index (χ4n) is 2.26. The number of carbonyl (C=O) groups is 1. The zero-order chi connectivity index (χ0) is 20.1. The zero-order valence-corrected chi connectivity index (χ0v) is 15.2. The van der Waals surface area contributed by atoms with Gasteiger partial charge in [0.25, 0.3) is 0 Å². The number of benzene rings is 2. The molecule has 1 N–H and O–H groups in total. The molecule has 0 radical (unpaired) electrons. The molecule has 0 atom stereocenters. The number of carbonyl (C=O) groups excluding carboxylic acids is 1. The summed E-state index contributed by atoms with van der Waals surface area (Å²) >= 11 is 0. The summed E-state index contributed by atoms with van der Waals surface area (Å²) in [5, 5.41) is 0. The minimum Gasteiger partial charge on any atom is -0.462 e. The average molecular weight is 401 g/mol. The minimum atomic E-state index is -4.41. The van der Waals surface area contributed by atoms with Crippen molar-refractivity contribution in [2.75, 3.05) is 13.2 Å². The third-order valence-electron chi connectivity index (χ3n) is 3.66. The highest BCUT2D eigenvalue weighted by Gasteiger charge is 2.29. The molecule has 0 amide bonds. The van der Waals surface area contributed by atoms with Gasteiger partial charge in [-0.15, -0.1) is 0 Å². The average Bonchev–Trinajstić information content (AvgIpc) is 2.61. The number of halogens is 3. The fourth-order valence-corrected chi connectivity index (χ4v) is 3.29. The number of nitrogens with one attached hydrogen (secondary N) is 1. The van der Waals surface area contributed by atoms with Crippen LogP contribution in [-0.4, -0.2) is 27.5 Å². The van der Waals surface area contributed by atoms with Crippen LogP contribution in [0.1, 0.15) is 28.4 Å². The van der Waals surface area contributed by atoms with Gasteiger partial charge in [0.1, 0.15) is 0 Å². The first-order valence-electron chi connectivity index (χ1n) is 8.06. The maximum absolute atomic E-state index is 12.5. The molecule has 27 heavy (non-hydrogen) atoms. The van der Waals surface area contributed by atoms with Gasteiger partial charge >= 0.3 is 12.1 Å². The van der Waals surface area contributed by atoms with Gasteiger partial charge < -0.3 is 4.74 Å². The first-order valence-corrected chi connectivity index (χ1v) is 9.55. The van der Waals surface area contributed by atoms with E-state index >= 15 is 0 Å². The van der Waals surface area contributed by atoms with E-state index in [1.807, 2.05) is 0 Å². The van der Waals surface area contributed by atoms with Gasteiger partial charge in [0.05, 0.1) is 22.6 Å². The predicted molar refractivity (Wildman–Crippen MR) is 92.7 cm³/mol. The van der Waals surface area contributed by atoms with Crippen LogP contribution in [0.15, 0.2) is 53.4 Å². The third kappa shape index (κ3) is 5.80. The molecule has 0 aliphatic carbocycles. The summed E-state index contributed by atoms with van der Waals surface area (Å²) in [7, 11) is -3.80. The van der Waals surface area contributed by atoms with Crippen molar-refractivity contribution in [3.05, 3.63) is 65.2 Å². The van der Waals surface area contributed by atoms with E-state index in [0.29, 0.717) is 5.56 Å². The second kappa shape index (κ2) is 8.53. The number of hydrogen-bond acceptors (Lipinski definition) is 4. The smallest absolute Gasteiger partial charge is 0.416 e. The molecular weight excluding hydrogens is 383 g/mol. The van der Waals surface area contributed by atoms with Crippen molar-refractivity contribution in [1.82, 2.24) is 4.72 Å². The van der Waals surface area contributed by atoms with Crippen LogP contribution in [0.5, 0.6) is 0 Å². The highest BCUT2D eigenvalue weighted by molar-refractivity contribution is 7.89. The number of rotatable bonds is 7. The van der Waals surface area contributed by atoms with E-state index < -0.39 is 27.7 Å². The normalized spacial score (nSPS) is 12.0. The van der Waals surface area contributed by atoms with Crippen LogP contribution in [0.2, 0.25) is 0 Å². The molecule has 0 heterocycles. The standard InChI is InChI=1S/C18H18F3NO4S/c1-2-26-17(23)14-5-9-16(10-6-14)27(24,25)22-12-11-13-3-7-15(8-4-13)18(19,20)21/h3-10,22H,2,11-12H2,1H3. The first-order chi connectivity index (χ1) is 12.6. The van der Waals surface area contributed by atoms with E-state index in [2.05, 4.69) is 4.72 Å². The summed E-state index contributed by atoms with van der Waals surface area (Å²) in [6.07, 6.45) is -4.17. The predicted octanol–water partition coefficient (Wildman–Crippen LogP) is 3.40. The number of sulfonamides is 1. The summed E-state index contributed by atoms with van der Waals surface area (Å²) in [4.78, 5) is 11.5. The molecular formula is C18H18F3NO4S. The van der Waals surface area contributed by atoms with E-state index in [1.165, 1.54) is 36.4 Å². The van der Waals surface area contributed by atoms with Crippen molar-refractivity contribution in [3.8, 4) is 0 Å². The Kier molecular flexibility index (Phi) is 6.61. The van der Waals surface area contributed by atoms with Crippen LogP contribution in [0, 0.1) is 0 Å². The second-order valence-corrected chi connectivity index (χ2v) is 7.35. The van der Waals surface area contributed by atoms with Crippen LogP contribution in [-0.2, 0) is 27.4 Å². The number of ether oxygens (including phenoxy) is 1. The topological polar surface area (TPSA) is 72.5 Å². The van der Waals surface area contributed by atoms with Crippen molar-refractivity contribution in [3.63, 3.8) is 0 Å². The van der Waals surface area contributed by atoms with Gasteiger partial charge in [-0.25, -0.2) is 17.9 Å². The Morgan fingerprint density at radius 3 is 2.15 bits per heavy atom. The Morgan fingerprint density at radius 2 is 1.63 bits per heavy atom. The monoisotopic (exact) mass is 401 g/mol. The van der Waals surface area contributed by atoms with Gasteiger partial charge in [-0.3, -0.25) is 0 Å². The van der Waals surface area contributed by atoms with Crippen molar-refractivity contribution in [2.24, 2.45) is 0 Å². The molecule has 0 saturated heterocycles. The van der Waals surface area contributed by atoms with Crippen LogP contribution in [0.4, 0.5) is 13.2 Å². The molecule has 0 saturated carbocycles. The highest BCUT2D eigenvalue weighted by atomic mass is 32.2. The summed E-state index contributed by atoms with van der Waals surface area (Å²) in [5.41, 5.74) is 0.0532. The van der Waals surface area contributed by atoms with E-state index in [0.717, 1.165) is 12.1 Å². The Morgan fingerprint density at radius 1 is 1.04 bits per heavy atom. The third-order valence-corrected chi connectivity index (χ3v) is 5.14. The lowest BCUT2D eigenvalue weighted by Gasteiger charge is -2.09. The highest BCUT2D eigenvalue weighted by Crippen LogP contribution is 2.29. The van der Waals surface area contributed by atoms with Gasteiger partial charge in [-0.2, -0.15) is 13.2 Å². The Bertz CT molecular complexity index is 876. The molecule has 0 aliphatic heterocycles. The summed E-state index contributed by atoms with van der Waals surface area (Å²) in [6.45, 7) is 1.90. The van der Waals surface area contributed by atoms with Crippen molar-refractivity contribution in [2.45, 2.75) is 24.4 Å². The van der Waals surface area contributed by atoms with E-state index in [1.54, 1.807) is 6.92 Å². The lowest BCUT2D eigenvalue weighted by atomic mass is 10.1. The Balaban J connectivity index is 1.95. The lowest BCUT2D eigenvalue weighted by Crippen LogP contribution is -2.26. The molecule has 9 heteroatoms. The molecule has 146 valence electrons. The molecule has 5 nitrogen and oxygen atoms in total. The van der Waals surface area contributed by atoms with Gasteiger partial charge in [-0.05, 0) is 55.3 Å². The summed E-state index contributed by atoms with van der Waals surface area (Å²) in [6, 6.07) is 9.80. The molecule has 2 rings (SSSR count). The molecule has 0 aromatic heterocycles. The fraction of sp³-hybridized carbons (Fsp3) is 0.278.